The molecule has 1 aliphatic rings. The zero-order valence-electron chi connectivity index (χ0n) is 7.37. The number of rotatable bonds is 1. The number of aliphatic imine (C=N–C) groups is 1. The smallest absolute Gasteiger partial charge is 0.277 e. The number of allylic oxidation sites excluding steroid dienone is 4. The number of hydrogen-bond acceptors (Lipinski definition) is 2. The molecule has 0 aliphatic heterocycles. The number of amides is 1. The van der Waals surface area contributed by atoms with Gasteiger partial charge in [0.25, 0.3) is 5.91 Å². The molecular formula is C10H10N2O. The Labute approximate surface area is 76.7 Å². The third-order valence-electron chi connectivity index (χ3n) is 1.77. The maximum Gasteiger partial charge on any atom is 0.277 e. The Morgan fingerprint density at radius 1 is 1.69 bits per heavy atom. The Morgan fingerprint density at radius 3 is 2.92 bits per heavy atom. The lowest BCUT2D eigenvalue weighted by Crippen LogP contribution is -2.10. The fourth-order valence-corrected chi connectivity index (χ4v) is 1.15. The first-order chi connectivity index (χ1) is 6.20. The standard InChI is InChI=1S/C10H10N2O/c1-3-7-8(10(13)12-2)5-4-6-9(7)11/h3-6,11H,2H2,1H3/b7-3-,11-9?. The number of carbonyl (C=O) groups is 1. The first-order valence-corrected chi connectivity index (χ1v) is 3.85. The van der Waals surface area contributed by atoms with Crippen LogP contribution in [0.15, 0.2) is 40.4 Å². The second-order valence-electron chi connectivity index (χ2n) is 2.52. The molecule has 3 heteroatoms. The molecule has 3 nitrogen and oxygen atoms in total. The third-order valence-corrected chi connectivity index (χ3v) is 1.77. The van der Waals surface area contributed by atoms with Crippen molar-refractivity contribution in [3.8, 4) is 0 Å². The summed E-state index contributed by atoms with van der Waals surface area (Å²) in [7, 11) is 0. The summed E-state index contributed by atoms with van der Waals surface area (Å²) < 4.78 is 0. The third kappa shape index (κ3) is 1.69. The van der Waals surface area contributed by atoms with Crippen molar-refractivity contribution in [1.29, 1.82) is 5.41 Å². The first-order valence-electron chi connectivity index (χ1n) is 3.85. The molecule has 0 atom stereocenters. The van der Waals surface area contributed by atoms with E-state index >= 15 is 0 Å². The van der Waals surface area contributed by atoms with E-state index in [-0.39, 0.29) is 5.91 Å². The highest BCUT2D eigenvalue weighted by molar-refractivity contribution is 6.19. The molecule has 1 rings (SSSR count). The highest BCUT2D eigenvalue weighted by atomic mass is 16.1. The van der Waals surface area contributed by atoms with Gasteiger partial charge in [-0.1, -0.05) is 12.2 Å². The summed E-state index contributed by atoms with van der Waals surface area (Å²) in [5.74, 6) is -0.387. The summed E-state index contributed by atoms with van der Waals surface area (Å²) >= 11 is 0. The Hall–Kier alpha value is -1.77. The van der Waals surface area contributed by atoms with E-state index in [1.807, 2.05) is 0 Å². The summed E-state index contributed by atoms with van der Waals surface area (Å²) in [6, 6.07) is 0. The van der Waals surface area contributed by atoms with E-state index < -0.39 is 0 Å². The van der Waals surface area contributed by atoms with Gasteiger partial charge in [0.2, 0.25) is 0 Å². The molecule has 0 aromatic heterocycles. The van der Waals surface area contributed by atoms with Crippen LogP contribution in [-0.2, 0) is 4.79 Å². The molecule has 0 heterocycles. The zero-order valence-corrected chi connectivity index (χ0v) is 7.37. The number of hydrogen-bond donors (Lipinski definition) is 1. The molecule has 13 heavy (non-hydrogen) atoms. The average Bonchev–Trinajstić information content (AvgIpc) is 2.16. The molecule has 0 radical (unpaired) electrons. The summed E-state index contributed by atoms with van der Waals surface area (Å²) in [5.41, 5.74) is 1.38. The van der Waals surface area contributed by atoms with Gasteiger partial charge in [-0.3, -0.25) is 4.79 Å². The van der Waals surface area contributed by atoms with Gasteiger partial charge in [0.15, 0.2) is 0 Å². The van der Waals surface area contributed by atoms with Crippen LogP contribution in [0.3, 0.4) is 0 Å². The molecule has 66 valence electrons. The van der Waals surface area contributed by atoms with E-state index in [9.17, 15) is 4.79 Å². The fourth-order valence-electron chi connectivity index (χ4n) is 1.15. The highest BCUT2D eigenvalue weighted by Crippen LogP contribution is 2.17. The molecule has 0 saturated heterocycles. The predicted molar refractivity (Wildman–Crippen MR) is 53.3 cm³/mol. The van der Waals surface area contributed by atoms with Gasteiger partial charge in [-0.05, 0) is 25.8 Å². The molecule has 1 amide bonds. The largest absolute Gasteiger partial charge is 0.300 e. The molecule has 1 aliphatic carbocycles. The Bertz CT molecular complexity index is 359. The molecule has 0 aromatic rings. The molecule has 0 saturated carbocycles. The second-order valence-corrected chi connectivity index (χ2v) is 2.52. The Morgan fingerprint density at radius 2 is 2.38 bits per heavy atom. The normalized spacial score (nSPS) is 18.7. The van der Waals surface area contributed by atoms with Gasteiger partial charge >= 0.3 is 0 Å². The van der Waals surface area contributed by atoms with Crippen LogP contribution in [-0.4, -0.2) is 18.3 Å². The number of nitrogens with zero attached hydrogens (tertiary/aromatic N) is 1. The number of carbonyl (C=O) groups excluding carboxylic acids is 1. The van der Waals surface area contributed by atoms with E-state index in [0.29, 0.717) is 16.9 Å². The minimum atomic E-state index is -0.387. The van der Waals surface area contributed by atoms with E-state index in [4.69, 9.17) is 5.41 Å². The van der Waals surface area contributed by atoms with Crippen molar-refractivity contribution in [3.05, 3.63) is 35.5 Å². The Kier molecular flexibility index (Phi) is 2.69. The van der Waals surface area contributed by atoms with Gasteiger partial charge in [0.1, 0.15) is 0 Å². The van der Waals surface area contributed by atoms with E-state index in [0.717, 1.165) is 0 Å². The van der Waals surface area contributed by atoms with Gasteiger partial charge in [-0.15, -0.1) is 0 Å². The summed E-state index contributed by atoms with van der Waals surface area (Å²) in [6.45, 7) is 4.95. The topological polar surface area (TPSA) is 53.3 Å². The minimum absolute atomic E-state index is 0.331. The van der Waals surface area contributed by atoms with Crippen LogP contribution in [0, 0.1) is 5.41 Å². The fraction of sp³-hybridized carbons (Fsp3) is 0.100. The Balaban J connectivity index is 3.15. The summed E-state index contributed by atoms with van der Waals surface area (Å²) in [4.78, 5) is 14.5. The molecular weight excluding hydrogens is 164 g/mol. The van der Waals surface area contributed by atoms with Gasteiger partial charge in [-0.2, -0.15) is 0 Å². The maximum absolute atomic E-state index is 11.2. The van der Waals surface area contributed by atoms with Gasteiger partial charge in [0, 0.05) is 5.57 Å². The lowest BCUT2D eigenvalue weighted by Gasteiger charge is -2.09. The van der Waals surface area contributed by atoms with Crippen LogP contribution >= 0.6 is 0 Å². The van der Waals surface area contributed by atoms with Crippen molar-refractivity contribution in [1.82, 2.24) is 0 Å². The molecule has 0 fully saturated rings. The van der Waals surface area contributed by atoms with Gasteiger partial charge in [0.05, 0.1) is 11.3 Å². The monoisotopic (exact) mass is 174 g/mol. The van der Waals surface area contributed by atoms with Gasteiger partial charge in [-0.25, -0.2) is 4.99 Å². The summed E-state index contributed by atoms with van der Waals surface area (Å²) in [6.07, 6.45) is 6.66. The molecule has 1 N–H and O–H groups in total. The molecule has 0 aromatic carbocycles. The lowest BCUT2D eigenvalue weighted by molar-refractivity contribution is -0.114. The predicted octanol–water partition coefficient (Wildman–Crippen LogP) is 1.68. The second kappa shape index (κ2) is 3.76. The van der Waals surface area contributed by atoms with Crippen molar-refractivity contribution in [2.75, 3.05) is 0 Å². The van der Waals surface area contributed by atoms with Gasteiger partial charge < -0.3 is 5.41 Å². The highest BCUT2D eigenvalue weighted by Gasteiger charge is 2.16. The van der Waals surface area contributed by atoms with E-state index in [1.165, 1.54) is 0 Å². The number of nitrogens with one attached hydrogen (secondary N) is 1. The van der Waals surface area contributed by atoms with Crippen molar-refractivity contribution in [2.24, 2.45) is 4.99 Å². The summed E-state index contributed by atoms with van der Waals surface area (Å²) in [5, 5.41) is 7.53. The van der Waals surface area contributed by atoms with Crippen molar-refractivity contribution < 1.29 is 4.79 Å². The maximum atomic E-state index is 11.2. The first kappa shape index (κ1) is 9.32. The van der Waals surface area contributed by atoms with E-state index in [2.05, 4.69) is 11.7 Å². The van der Waals surface area contributed by atoms with Crippen LogP contribution in [0.4, 0.5) is 0 Å². The molecule has 0 unspecified atom stereocenters. The van der Waals surface area contributed by atoms with Crippen molar-refractivity contribution in [2.45, 2.75) is 6.92 Å². The van der Waals surface area contributed by atoms with E-state index in [1.54, 1.807) is 31.2 Å². The molecule has 0 bridgehead atoms. The van der Waals surface area contributed by atoms with Crippen molar-refractivity contribution in [3.63, 3.8) is 0 Å². The quantitative estimate of drug-likeness (QED) is 0.604. The zero-order chi connectivity index (χ0) is 9.84. The van der Waals surface area contributed by atoms with Crippen molar-refractivity contribution >= 4 is 18.3 Å². The minimum Gasteiger partial charge on any atom is -0.300 e. The molecule has 0 spiro atoms. The van der Waals surface area contributed by atoms with Crippen LogP contribution in [0.5, 0.6) is 0 Å². The van der Waals surface area contributed by atoms with Crippen LogP contribution < -0.4 is 0 Å². The lowest BCUT2D eigenvalue weighted by atomic mass is 9.96. The SMILES string of the molecule is C=NC(=O)C1=CC=CC(=N)/C1=C\C. The van der Waals surface area contributed by atoms with Crippen LogP contribution in [0.2, 0.25) is 0 Å². The van der Waals surface area contributed by atoms with Crippen LogP contribution in [0.25, 0.3) is 0 Å². The average molecular weight is 174 g/mol. The van der Waals surface area contributed by atoms with Crippen LogP contribution in [0.1, 0.15) is 6.92 Å².